The van der Waals surface area contributed by atoms with Gasteiger partial charge in [-0.1, -0.05) is 24.3 Å². The summed E-state index contributed by atoms with van der Waals surface area (Å²) >= 11 is 0. The van der Waals surface area contributed by atoms with Crippen molar-refractivity contribution < 1.29 is 18.4 Å². The van der Waals surface area contributed by atoms with E-state index < -0.39 is 17.7 Å². The summed E-state index contributed by atoms with van der Waals surface area (Å²) in [4.78, 5) is 26.4. The molecule has 0 fully saturated rings. The molecule has 0 bridgehead atoms. The zero-order valence-electron chi connectivity index (χ0n) is 15.0. The molecule has 27 heavy (non-hydrogen) atoms. The molecule has 140 valence electrons. The van der Waals surface area contributed by atoms with E-state index in [9.17, 15) is 18.4 Å². The molecule has 0 aliphatic carbocycles. The molecule has 1 heterocycles. The standard InChI is InChI=1S/C20H19F2N3O2/c1-13(14-8-9-16(21)17(22)12-14)24(2)20(27)18-10-11-19(26)25(23-18)15-6-4-3-5-7-15/h3-9,12-13H,10-11H2,1-2H3/t13-/m1/s1. The SMILES string of the molecule is C[C@H](c1ccc(F)c(F)c1)N(C)C(=O)C1=NN(c2ccccc2)C(=O)CC1. The molecule has 2 aromatic rings. The maximum absolute atomic E-state index is 13.5. The molecule has 0 aromatic heterocycles. The fraction of sp³-hybridized carbons (Fsp3) is 0.250. The lowest BCUT2D eigenvalue weighted by atomic mass is 10.1. The normalized spacial score (nSPS) is 15.3. The summed E-state index contributed by atoms with van der Waals surface area (Å²) in [5.41, 5.74) is 1.30. The van der Waals surface area contributed by atoms with Crippen molar-refractivity contribution in [3.8, 4) is 0 Å². The molecule has 0 saturated carbocycles. The van der Waals surface area contributed by atoms with Crippen LogP contribution < -0.4 is 5.01 Å². The first-order valence-corrected chi connectivity index (χ1v) is 8.56. The second kappa shape index (κ2) is 7.65. The second-order valence-corrected chi connectivity index (χ2v) is 6.35. The lowest BCUT2D eigenvalue weighted by Gasteiger charge is -2.29. The van der Waals surface area contributed by atoms with Gasteiger partial charge in [-0.15, -0.1) is 0 Å². The predicted molar refractivity (Wildman–Crippen MR) is 98.1 cm³/mol. The van der Waals surface area contributed by atoms with Gasteiger partial charge in [0, 0.05) is 19.9 Å². The number of anilines is 1. The van der Waals surface area contributed by atoms with Crippen molar-refractivity contribution >= 4 is 23.2 Å². The number of hydrogen-bond acceptors (Lipinski definition) is 3. The van der Waals surface area contributed by atoms with Crippen molar-refractivity contribution in [1.29, 1.82) is 0 Å². The van der Waals surface area contributed by atoms with E-state index in [0.29, 0.717) is 11.3 Å². The number of para-hydroxylation sites is 1. The maximum atomic E-state index is 13.5. The van der Waals surface area contributed by atoms with Crippen LogP contribution in [0.3, 0.4) is 0 Å². The van der Waals surface area contributed by atoms with Crippen molar-refractivity contribution in [2.45, 2.75) is 25.8 Å². The fourth-order valence-electron chi connectivity index (χ4n) is 2.85. The van der Waals surface area contributed by atoms with Crippen LogP contribution in [0.2, 0.25) is 0 Å². The Bertz CT molecular complexity index is 899. The van der Waals surface area contributed by atoms with E-state index in [4.69, 9.17) is 0 Å². The molecule has 0 unspecified atom stereocenters. The minimum absolute atomic E-state index is 0.173. The van der Waals surface area contributed by atoms with Crippen molar-refractivity contribution in [1.82, 2.24) is 4.90 Å². The van der Waals surface area contributed by atoms with E-state index in [1.807, 2.05) is 6.07 Å². The minimum atomic E-state index is -0.962. The van der Waals surface area contributed by atoms with E-state index in [1.165, 1.54) is 16.0 Å². The third kappa shape index (κ3) is 3.86. The first-order chi connectivity index (χ1) is 12.9. The molecule has 7 heteroatoms. The topological polar surface area (TPSA) is 53.0 Å². The van der Waals surface area contributed by atoms with E-state index in [2.05, 4.69) is 5.10 Å². The molecular weight excluding hydrogens is 352 g/mol. The highest BCUT2D eigenvalue weighted by Gasteiger charge is 2.29. The number of amides is 2. The molecule has 0 N–H and O–H groups in total. The molecule has 2 aromatic carbocycles. The van der Waals surface area contributed by atoms with Crippen molar-refractivity contribution in [2.24, 2.45) is 5.10 Å². The quantitative estimate of drug-likeness (QED) is 0.824. The Morgan fingerprint density at radius 2 is 1.81 bits per heavy atom. The van der Waals surface area contributed by atoms with E-state index >= 15 is 0 Å². The van der Waals surface area contributed by atoms with Gasteiger partial charge in [-0.05, 0) is 36.8 Å². The number of hydrazone groups is 1. The Hall–Kier alpha value is -3.09. The first-order valence-electron chi connectivity index (χ1n) is 8.56. The Labute approximate surface area is 155 Å². The zero-order chi connectivity index (χ0) is 19.6. The average molecular weight is 371 g/mol. The number of carbonyl (C=O) groups is 2. The van der Waals surface area contributed by atoms with E-state index in [0.717, 1.165) is 12.1 Å². The van der Waals surface area contributed by atoms with E-state index in [1.54, 1.807) is 38.2 Å². The van der Waals surface area contributed by atoms with Crippen molar-refractivity contribution in [3.63, 3.8) is 0 Å². The molecule has 0 saturated heterocycles. The van der Waals surface area contributed by atoms with Crippen LogP contribution in [0.4, 0.5) is 14.5 Å². The molecule has 0 spiro atoms. The molecule has 3 rings (SSSR count). The summed E-state index contributed by atoms with van der Waals surface area (Å²) in [6.07, 6.45) is 0.405. The van der Waals surface area contributed by atoms with Crippen LogP contribution in [0, 0.1) is 11.6 Å². The van der Waals surface area contributed by atoms with Crippen LogP contribution in [0.5, 0.6) is 0 Å². The second-order valence-electron chi connectivity index (χ2n) is 6.35. The lowest BCUT2D eigenvalue weighted by molar-refractivity contribution is -0.125. The first kappa shape index (κ1) is 18.7. The van der Waals surface area contributed by atoms with Crippen molar-refractivity contribution in [3.05, 3.63) is 65.7 Å². The highest BCUT2D eigenvalue weighted by molar-refractivity contribution is 6.40. The molecular formula is C20H19F2N3O2. The highest BCUT2D eigenvalue weighted by Crippen LogP contribution is 2.24. The predicted octanol–water partition coefficient (Wildman–Crippen LogP) is 3.67. The van der Waals surface area contributed by atoms with Crippen LogP contribution in [-0.4, -0.2) is 29.5 Å². The maximum Gasteiger partial charge on any atom is 0.270 e. The van der Waals surface area contributed by atoms with Gasteiger partial charge in [0.15, 0.2) is 11.6 Å². The monoisotopic (exact) mass is 371 g/mol. The molecule has 0 radical (unpaired) electrons. The van der Waals surface area contributed by atoms with Crippen LogP contribution in [0.1, 0.15) is 31.4 Å². The van der Waals surface area contributed by atoms with Gasteiger partial charge in [0.1, 0.15) is 5.71 Å². The molecule has 1 atom stereocenters. The number of carbonyl (C=O) groups excluding carboxylic acids is 2. The summed E-state index contributed by atoms with van der Waals surface area (Å²) in [6, 6.07) is 11.9. The van der Waals surface area contributed by atoms with Crippen LogP contribution >= 0.6 is 0 Å². The van der Waals surface area contributed by atoms with Gasteiger partial charge >= 0.3 is 0 Å². The largest absolute Gasteiger partial charge is 0.334 e. The summed E-state index contributed by atoms with van der Waals surface area (Å²) < 4.78 is 26.6. The fourth-order valence-corrected chi connectivity index (χ4v) is 2.85. The van der Waals surface area contributed by atoms with E-state index in [-0.39, 0.29) is 30.4 Å². The smallest absolute Gasteiger partial charge is 0.270 e. The highest BCUT2D eigenvalue weighted by atomic mass is 19.2. The minimum Gasteiger partial charge on any atom is -0.334 e. The van der Waals surface area contributed by atoms with Crippen LogP contribution in [0.15, 0.2) is 53.6 Å². The number of halogens is 2. The summed E-state index contributed by atoms with van der Waals surface area (Å²) in [5.74, 6) is -2.45. The number of benzene rings is 2. The average Bonchev–Trinajstić information content (AvgIpc) is 2.69. The Morgan fingerprint density at radius 3 is 2.48 bits per heavy atom. The van der Waals surface area contributed by atoms with Gasteiger partial charge in [-0.3, -0.25) is 9.59 Å². The molecule has 2 amide bonds. The summed E-state index contributed by atoms with van der Waals surface area (Å²) in [6.45, 7) is 1.72. The third-order valence-corrected chi connectivity index (χ3v) is 4.61. The summed E-state index contributed by atoms with van der Waals surface area (Å²) in [7, 11) is 1.57. The Kier molecular flexibility index (Phi) is 5.30. The van der Waals surface area contributed by atoms with Crippen LogP contribution in [0.25, 0.3) is 0 Å². The van der Waals surface area contributed by atoms with Gasteiger partial charge in [-0.2, -0.15) is 5.10 Å². The number of hydrogen-bond donors (Lipinski definition) is 0. The Morgan fingerprint density at radius 1 is 1.11 bits per heavy atom. The van der Waals surface area contributed by atoms with Gasteiger partial charge < -0.3 is 4.90 Å². The lowest BCUT2D eigenvalue weighted by Crippen LogP contribution is -2.40. The van der Waals surface area contributed by atoms with Gasteiger partial charge in [0.25, 0.3) is 5.91 Å². The Balaban J connectivity index is 1.83. The molecule has 1 aliphatic rings. The number of rotatable bonds is 4. The zero-order valence-corrected chi connectivity index (χ0v) is 15.0. The van der Waals surface area contributed by atoms with Gasteiger partial charge in [0.05, 0.1) is 11.7 Å². The molecule has 1 aliphatic heterocycles. The third-order valence-electron chi connectivity index (χ3n) is 4.61. The van der Waals surface area contributed by atoms with Crippen LogP contribution in [-0.2, 0) is 9.59 Å². The van der Waals surface area contributed by atoms with Gasteiger partial charge in [0.2, 0.25) is 5.91 Å². The number of nitrogens with zero attached hydrogens (tertiary/aromatic N) is 3. The summed E-state index contributed by atoms with van der Waals surface area (Å²) in [5, 5.41) is 5.47. The van der Waals surface area contributed by atoms with Crippen molar-refractivity contribution in [2.75, 3.05) is 12.1 Å². The van der Waals surface area contributed by atoms with Gasteiger partial charge in [-0.25, -0.2) is 13.8 Å². The molecule has 5 nitrogen and oxygen atoms in total.